The average molecular weight is 348 g/mol. The molecule has 0 fully saturated rings. The van der Waals surface area contributed by atoms with E-state index in [9.17, 15) is 4.79 Å². The maximum absolute atomic E-state index is 11.9. The van der Waals surface area contributed by atoms with Crippen LogP contribution in [0.2, 0.25) is 5.02 Å². The highest BCUT2D eigenvalue weighted by Crippen LogP contribution is 2.29. The number of halogens is 1. The second-order valence-corrected chi connectivity index (χ2v) is 6.57. The molecule has 0 bridgehead atoms. The van der Waals surface area contributed by atoms with Gasteiger partial charge in [0, 0.05) is 11.1 Å². The zero-order valence-electron chi connectivity index (χ0n) is 11.2. The van der Waals surface area contributed by atoms with E-state index in [-0.39, 0.29) is 5.91 Å². The molecule has 1 N–H and O–H groups in total. The predicted octanol–water partition coefficient (Wildman–Crippen LogP) is 4.57. The number of aromatic nitrogens is 2. The summed E-state index contributed by atoms with van der Waals surface area (Å²) >= 11 is 8.95. The van der Waals surface area contributed by atoms with Crippen molar-refractivity contribution in [2.24, 2.45) is 0 Å². The van der Waals surface area contributed by atoms with Gasteiger partial charge in [-0.3, -0.25) is 10.1 Å². The van der Waals surface area contributed by atoms with E-state index in [1.54, 1.807) is 23.5 Å². The molecule has 2 heterocycles. The lowest BCUT2D eigenvalue weighted by Gasteiger charge is -1.97. The highest BCUT2D eigenvalue weighted by molar-refractivity contribution is 7.23. The summed E-state index contributed by atoms with van der Waals surface area (Å²) in [6.45, 7) is 0. The molecule has 0 spiro atoms. The van der Waals surface area contributed by atoms with Crippen LogP contribution in [0.3, 0.4) is 0 Å². The molecular weight excluding hydrogens is 338 g/mol. The summed E-state index contributed by atoms with van der Waals surface area (Å²) in [5.74, 6) is -0.270. The Kier molecular flexibility index (Phi) is 4.62. The van der Waals surface area contributed by atoms with E-state index in [4.69, 9.17) is 11.6 Å². The Bertz CT molecular complexity index is 812. The van der Waals surface area contributed by atoms with Crippen molar-refractivity contribution in [3.63, 3.8) is 0 Å². The molecule has 0 saturated heterocycles. The number of carbonyl (C=O) groups excluding carboxylic acids is 1. The number of hydrogen-bond acceptors (Lipinski definition) is 5. The molecule has 0 aliphatic heterocycles. The molecule has 1 aromatic carbocycles. The minimum absolute atomic E-state index is 0.270. The largest absolute Gasteiger partial charge is 0.297 e. The van der Waals surface area contributed by atoms with Crippen LogP contribution in [0, 0.1) is 0 Å². The molecule has 0 aliphatic rings. The second-order valence-electron chi connectivity index (χ2n) is 4.23. The van der Waals surface area contributed by atoms with Crippen molar-refractivity contribution < 1.29 is 4.79 Å². The molecular formula is C15H10ClN3OS2. The Labute approximate surface area is 140 Å². The first-order valence-electron chi connectivity index (χ1n) is 6.33. The normalized spacial score (nSPS) is 11.0. The number of carbonyl (C=O) groups is 1. The number of hydrogen-bond donors (Lipinski definition) is 1. The molecule has 0 atom stereocenters. The van der Waals surface area contributed by atoms with Gasteiger partial charge >= 0.3 is 0 Å². The minimum Gasteiger partial charge on any atom is -0.297 e. The van der Waals surface area contributed by atoms with Crippen LogP contribution in [-0.4, -0.2) is 16.1 Å². The smallest absolute Gasteiger partial charge is 0.250 e. The highest BCUT2D eigenvalue weighted by Gasteiger charge is 2.08. The van der Waals surface area contributed by atoms with Crippen LogP contribution in [0.1, 0.15) is 5.56 Å². The first kappa shape index (κ1) is 14.9. The standard InChI is InChI=1S/C15H10ClN3OS2/c16-11-5-2-1-4-10(11)7-8-13(20)17-15-19-18-14(22-15)12-6-3-9-21-12/h1-9H,(H,17,19,20)/b8-7+. The topological polar surface area (TPSA) is 54.9 Å². The molecule has 4 nitrogen and oxygen atoms in total. The third-order valence-electron chi connectivity index (χ3n) is 2.71. The summed E-state index contributed by atoms with van der Waals surface area (Å²) < 4.78 is 0. The molecule has 3 rings (SSSR count). The SMILES string of the molecule is O=C(/C=C/c1ccccc1Cl)Nc1nnc(-c2cccs2)s1. The lowest BCUT2D eigenvalue weighted by Crippen LogP contribution is -2.07. The summed E-state index contributed by atoms with van der Waals surface area (Å²) in [5, 5.41) is 14.6. The summed E-state index contributed by atoms with van der Waals surface area (Å²) in [4.78, 5) is 12.9. The molecule has 2 aromatic heterocycles. The van der Waals surface area contributed by atoms with Crippen molar-refractivity contribution in [1.29, 1.82) is 0 Å². The quantitative estimate of drug-likeness (QED) is 0.703. The van der Waals surface area contributed by atoms with Gasteiger partial charge in [0.2, 0.25) is 11.0 Å². The zero-order chi connectivity index (χ0) is 15.4. The van der Waals surface area contributed by atoms with Crippen molar-refractivity contribution in [3.8, 4) is 9.88 Å². The van der Waals surface area contributed by atoms with Crippen LogP contribution >= 0.6 is 34.3 Å². The fourth-order valence-electron chi connectivity index (χ4n) is 1.70. The van der Waals surface area contributed by atoms with Gasteiger partial charge in [0.1, 0.15) is 0 Å². The maximum Gasteiger partial charge on any atom is 0.250 e. The van der Waals surface area contributed by atoms with Crippen molar-refractivity contribution in [3.05, 3.63) is 58.4 Å². The summed E-state index contributed by atoms with van der Waals surface area (Å²) in [6, 6.07) is 11.2. The van der Waals surface area contributed by atoms with E-state index >= 15 is 0 Å². The van der Waals surface area contributed by atoms with E-state index in [1.165, 1.54) is 17.4 Å². The second kappa shape index (κ2) is 6.83. The Morgan fingerprint density at radius 1 is 1.18 bits per heavy atom. The van der Waals surface area contributed by atoms with Crippen LogP contribution in [0.4, 0.5) is 5.13 Å². The maximum atomic E-state index is 11.9. The van der Waals surface area contributed by atoms with Crippen LogP contribution in [0.15, 0.2) is 47.9 Å². The number of benzene rings is 1. The van der Waals surface area contributed by atoms with Gasteiger partial charge in [-0.25, -0.2) is 0 Å². The lowest BCUT2D eigenvalue weighted by atomic mass is 10.2. The number of rotatable bonds is 4. The molecule has 0 aliphatic carbocycles. The van der Waals surface area contributed by atoms with Crippen LogP contribution in [-0.2, 0) is 4.79 Å². The predicted molar refractivity (Wildman–Crippen MR) is 92.3 cm³/mol. The first-order chi connectivity index (χ1) is 10.7. The molecule has 0 saturated carbocycles. The third kappa shape index (κ3) is 3.59. The Morgan fingerprint density at radius 2 is 2.05 bits per heavy atom. The van der Waals surface area contributed by atoms with Crippen molar-refractivity contribution in [2.45, 2.75) is 0 Å². The van der Waals surface area contributed by atoms with E-state index in [2.05, 4.69) is 15.5 Å². The highest BCUT2D eigenvalue weighted by atomic mass is 35.5. The minimum atomic E-state index is -0.270. The molecule has 22 heavy (non-hydrogen) atoms. The van der Waals surface area contributed by atoms with Crippen LogP contribution in [0.5, 0.6) is 0 Å². The van der Waals surface area contributed by atoms with Gasteiger partial charge in [0.05, 0.1) is 4.88 Å². The Balaban J connectivity index is 1.66. The number of nitrogens with one attached hydrogen (secondary N) is 1. The fraction of sp³-hybridized carbons (Fsp3) is 0. The van der Waals surface area contributed by atoms with Gasteiger partial charge in [-0.05, 0) is 29.2 Å². The zero-order valence-corrected chi connectivity index (χ0v) is 13.6. The first-order valence-corrected chi connectivity index (χ1v) is 8.41. The van der Waals surface area contributed by atoms with Crippen LogP contribution < -0.4 is 5.32 Å². The molecule has 0 radical (unpaired) electrons. The molecule has 3 aromatic rings. The molecule has 7 heteroatoms. The van der Waals surface area contributed by atoms with Gasteiger partial charge in [-0.15, -0.1) is 21.5 Å². The average Bonchev–Trinajstić information content (AvgIpc) is 3.17. The van der Waals surface area contributed by atoms with E-state index < -0.39 is 0 Å². The van der Waals surface area contributed by atoms with Gasteiger partial charge in [0.25, 0.3) is 0 Å². The van der Waals surface area contributed by atoms with Gasteiger partial charge in [-0.1, -0.05) is 47.2 Å². The summed E-state index contributed by atoms with van der Waals surface area (Å²) in [5.41, 5.74) is 0.788. The number of thiophene rings is 1. The van der Waals surface area contributed by atoms with Gasteiger partial charge < -0.3 is 0 Å². The van der Waals surface area contributed by atoms with Gasteiger partial charge in [-0.2, -0.15) is 0 Å². The number of amides is 1. The monoisotopic (exact) mass is 347 g/mol. The lowest BCUT2D eigenvalue weighted by molar-refractivity contribution is -0.111. The molecule has 1 amide bonds. The third-order valence-corrected chi connectivity index (χ3v) is 4.93. The summed E-state index contributed by atoms with van der Waals surface area (Å²) in [7, 11) is 0. The summed E-state index contributed by atoms with van der Waals surface area (Å²) in [6.07, 6.45) is 3.09. The van der Waals surface area contributed by atoms with E-state index in [1.807, 2.05) is 35.7 Å². The van der Waals surface area contributed by atoms with E-state index in [0.29, 0.717) is 10.2 Å². The van der Waals surface area contributed by atoms with Crippen LogP contribution in [0.25, 0.3) is 16.0 Å². The van der Waals surface area contributed by atoms with Gasteiger partial charge in [0.15, 0.2) is 5.01 Å². The van der Waals surface area contributed by atoms with Crippen molar-refractivity contribution in [1.82, 2.24) is 10.2 Å². The Morgan fingerprint density at radius 3 is 2.82 bits per heavy atom. The Hall–Kier alpha value is -2.02. The van der Waals surface area contributed by atoms with E-state index in [0.717, 1.165) is 15.4 Å². The molecule has 0 unspecified atom stereocenters. The number of anilines is 1. The molecule has 110 valence electrons. The fourth-order valence-corrected chi connectivity index (χ4v) is 3.43. The van der Waals surface area contributed by atoms with Crippen molar-refractivity contribution in [2.75, 3.05) is 5.32 Å². The number of nitrogens with zero attached hydrogens (tertiary/aromatic N) is 2. The van der Waals surface area contributed by atoms with Crippen molar-refractivity contribution >= 4 is 51.4 Å².